The summed E-state index contributed by atoms with van der Waals surface area (Å²) < 4.78 is 0. The number of carbonyl (C=O) groups is 1. The first-order chi connectivity index (χ1) is 10.6. The summed E-state index contributed by atoms with van der Waals surface area (Å²) in [7, 11) is 0. The summed E-state index contributed by atoms with van der Waals surface area (Å²) >= 11 is 0. The van der Waals surface area contributed by atoms with Gasteiger partial charge < -0.3 is 20.6 Å². The Hall–Kier alpha value is -2.47. The highest BCUT2D eigenvalue weighted by atomic mass is 35.5. The molecule has 0 saturated carbocycles. The lowest BCUT2D eigenvalue weighted by atomic mass is 10.2. The first kappa shape index (κ1) is 16.9. The molecule has 1 fully saturated rings. The largest absolute Gasteiger partial charge is 0.506 e. The van der Waals surface area contributed by atoms with Crippen LogP contribution in [0.4, 0.5) is 11.4 Å². The zero-order chi connectivity index (χ0) is 15.5. The number of halogens is 1. The fourth-order valence-electron chi connectivity index (χ4n) is 2.58. The molecule has 0 atom stereocenters. The minimum atomic E-state index is -0.0862. The van der Waals surface area contributed by atoms with E-state index in [1.807, 2.05) is 12.1 Å². The number of benzene rings is 1. The van der Waals surface area contributed by atoms with Gasteiger partial charge in [0.1, 0.15) is 11.4 Å². The third-order valence-electron chi connectivity index (χ3n) is 3.79. The number of phenols is 1. The molecule has 0 radical (unpaired) electrons. The molecule has 3 rings (SSSR count). The standard InChI is InChI=1S/C16H18N4O2.ClH/c17-12-5-6-13(18-11-12)16(22)20-9-7-19(8-10-20)14-3-1-2-4-15(14)21;/h1-6,11,21H,7-10,17H2;1H. The van der Waals surface area contributed by atoms with Gasteiger partial charge in [-0.3, -0.25) is 4.79 Å². The quantitative estimate of drug-likeness (QED) is 0.874. The van der Waals surface area contributed by atoms with Crippen molar-refractivity contribution >= 4 is 29.7 Å². The third kappa shape index (κ3) is 3.65. The second-order valence-corrected chi connectivity index (χ2v) is 5.24. The summed E-state index contributed by atoms with van der Waals surface area (Å²) in [4.78, 5) is 20.3. The van der Waals surface area contributed by atoms with Gasteiger partial charge in [-0.15, -0.1) is 12.4 Å². The van der Waals surface area contributed by atoms with E-state index < -0.39 is 0 Å². The van der Waals surface area contributed by atoms with Gasteiger partial charge in [0, 0.05) is 26.2 Å². The van der Waals surface area contributed by atoms with Gasteiger partial charge in [-0.1, -0.05) is 12.1 Å². The van der Waals surface area contributed by atoms with Gasteiger partial charge in [0.15, 0.2) is 0 Å². The second-order valence-electron chi connectivity index (χ2n) is 5.24. The van der Waals surface area contributed by atoms with E-state index in [2.05, 4.69) is 9.88 Å². The predicted octanol–water partition coefficient (Wildman–Crippen LogP) is 1.75. The molecular weight excluding hydrogens is 316 g/mol. The van der Waals surface area contributed by atoms with Crippen LogP contribution in [0.1, 0.15) is 10.5 Å². The van der Waals surface area contributed by atoms with Crippen LogP contribution in [0.3, 0.4) is 0 Å². The van der Waals surface area contributed by atoms with Gasteiger partial charge in [0.2, 0.25) is 0 Å². The van der Waals surface area contributed by atoms with Crippen LogP contribution < -0.4 is 10.6 Å². The van der Waals surface area contributed by atoms with Crippen molar-refractivity contribution in [3.63, 3.8) is 0 Å². The van der Waals surface area contributed by atoms with E-state index in [9.17, 15) is 9.90 Å². The fourth-order valence-corrected chi connectivity index (χ4v) is 2.58. The number of carbonyl (C=O) groups excluding carboxylic acids is 1. The molecule has 2 heterocycles. The molecule has 6 nitrogen and oxygen atoms in total. The van der Waals surface area contributed by atoms with Crippen LogP contribution in [0, 0.1) is 0 Å². The van der Waals surface area contributed by atoms with Crippen molar-refractivity contribution in [2.24, 2.45) is 0 Å². The first-order valence-electron chi connectivity index (χ1n) is 7.19. The van der Waals surface area contributed by atoms with E-state index in [1.165, 1.54) is 6.20 Å². The molecule has 23 heavy (non-hydrogen) atoms. The van der Waals surface area contributed by atoms with Crippen LogP contribution in [0.25, 0.3) is 0 Å². The molecule has 122 valence electrons. The Morgan fingerprint density at radius 2 is 1.78 bits per heavy atom. The van der Waals surface area contributed by atoms with Gasteiger partial charge in [-0.2, -0.15) is 0 Å². The number of amides is 1. The summed E-state index contributed by atoms with van der Waals surface area (Å²) in [6, 6.07) is 10.6. The highest BCUT2D eigenvalue weighted by Gasteiger charge is 2.23. The van der Waals surface area contributed by atoms with E-state index in [-0.39, 0.29) is 24.1 Å². The van der Waals surface area contributed by atoms with Crippen molar-refractivity contribution in [1.29, 1.82) is 0 Å². The number of nitrogen functional groups attached to an aromatic ring is 1. The molecule has 0 aliphatic carbocycles. The van der Waals surface area contributed by atoms with Gasteiger partial charge in [-0.25, -0.2) is 4.98 Å². The molecule has 3 N–H and O–H groups in total. The van der Waals surface area contributed by atoms with Crippen LogP contribution in [0.2, 0.25) is 0 Å². The highest BCUT2D eigenvalue weighted by molar-refractivity contribution is 5.92. The molecule has 0 bridgehead atoms. The molecule has 1 amide bonds. The Morgan fingerprint density at radius 3 is 2.39 bits per heavy atom. The number of nitrogens with two attached hydrogens (primary N) is 1. The van der Waals surface area contributed by atoms with E-state index >= 15 is 0 Å². The highest BCUT2D eigenvalue weighted by Crippen LogP contribution is 2.27. The molecule has 1 aliphatic heterocycles. The van der Waals surface area contributed by atoms with Crippen molar-refractivity contribution in [2.75, 3.05) is 36.8 Å². The Kier molecular flexibility index (Phi) is 5.28. The number of anilines is 2. The second kappa shape index (κ2) is 7.19. The molecule has 1 aromatic heterocycles. The number of rotatable bonds is 2. The molecule has 1 saturated heterocycles. The summed E-state index contributed by atoms with van der Waals surface area (Å²) in [6.45, 7) is 2.55. The van der Waals surface area contributed by atoms with Gasteiger partial charge in [0.05, 0.1) is 17.6 Å². The van der Waals surface area contributed by atoms with E-state index in [0.717, 1.165) is 5.69 Å². The van der Waals surface area contributed by atoms with Crippen LogP contribution in [0.15, 0.2) is 42.6 Å². The monoisotopic (exact) mass is 334 g/mol. The zero-order valence-corrected chi connectivity index (χ0v) is 13.4. The number of piperazine rings is 1. The SMILES string of the molecule is Cl.Nc1ccc(C(=O)N2CCN(c3ccccc3O)CC2)nc1. The zero-order valence-electron chi connectivity index (χ0n) is 12.6. The van der Waals surface area contributed by atoms with Crippen LogP contribution in [0.5, 0.6) is 5.75 Å². The first-order valence-corrected chi connectivity index (χ1v) is 7.19. The number of para-hydroxylation sites is 2. The minimum absolute atomic E-state index is 0. The molecule has 7 heteroatoms. The lowest BCUT2D eigenvalue weighted by molar-refractivity contribution is 0.0741. The van der Waals surface area contributed by atoms with Gasteiger partial charge in [0.25, 0.3) is 5.91 Å². The molecular formula is C16H19ClN4O2. The summed E-state index contributed by atoms with van der Waals surface area (Å²) in [5.74, 6) is 0.180. The fraction of sp³-hybridized carbons (Fsp3) is 0.250. The van der Waals surface area contributed by atoms with Crippen LogP contribution in [-0.2, 0) is 0 Å². The molecule has 1 aromatic carbocycles. The molecule has 0 unspecified atom stereocenters. The summed E-state index contributed by atoms with van der Waals surface area (Å²) in [5, 5.41) is 9.90. The number of phenolic OH excluding ortho intramolecular Hbond substituents is 1. The Labute approximate surface area is 140 Å². The predicted molar refractivity (Wildman–Crippen MR) is 92.1 cm³/mol. The van der Waals surface area contributed by atoms with Crippen molar-refractivity contribution in [3.05, 3.63) is 48.3 Å². The number of pyridine rings is 1. The van der Waals surface area contributed by atoms with E-state index in [4.69, 9.17) is 5.73 Å². The van der Waals surface area contributed by atoms with Gasteiger partial charge in [-0.05, 0) is 24.3 Å². The summed E-state index contributed by atoms with van der Waals surface area (Å²) in [5.41, 5.74) is 7.34. The lowest BCUT2D eigenvalue weighted by Crippen LogP contribution is -2.49. The van der Waals surface area contributed by atoms with Crippen LogP contribution in [-0.4, -0.2) is 47.1 Å². The average molecular weight is 335 g/mol. The average Bonchev–Trinajstić information content (AvgIpc) is 2.56. The Bertz CT molecular complexity index is 670. The maximum atomic E-state index is 12.4. The Balaban J connectivity index is 0.00000192. The van der Waals surface area contributed by atoms with E-state index in [1.54, 1.807) is 29.2 Å². The van der Waals surface area contributed by atoms with E-state index in [0.29, 0.717) is 37.6 Å². The lowest BCUT2D eigenvalue weighted by Gasteiger charge is -2.36. The number of aromatic hydroxyl groups is 1. The third-order valence-corrected chi connectivity index (χ3v) is 3.79. The molecule has 1 aliphatic rings. The normalized spacial score (nSPS) is 14.3. The molecule has 2 aromatic rings. The van der Waals surface area contributed by atoms with Crippen molar-refractivity contribution < 1.29 is 9.90 Å². The van der Waals surface area contributed by atoms with Crippen molar-refractivity contribution in [2.45, 2.75) is 0 Å². The smallest absolute Gasteiger partial charge is 0.272 e. The van der Waals surface area contributed by atoms with Crippen molar-refractivity contribution in [1.82, 2.24) is 9.88 Å². The number of hydrogen-bond acceptors (Lipinski definition) is 5. The minimum Gasteiger partial charge on any atom is -0.506 e. The summed E-state index contributed by atoms with van der Waals surface area (Å²) in [6.07, 6.45) is 1.49. The number of nitrogens with zero attached hydrogens (tertiary/aromatic N) is 3. The topological polar surface area (TPSA) is 82.7 Å². The Morgan fingerprint density at radius 1 is 1.09 bits per heavy atom. The maximum absolute atomic E-state index is 12.4. The number of aromatic nitrogens is 1. The molecule has 0 spiro atoms. The maximum Gasteiger partial charge on any atom is 0.272 e. The van der Waals surface area contributed by atoms with Gasteiger partial charge >= 0.3 is 0 Å². The number of hydrogen-bond donors (Lipinski definition) is 2. The van der Waals surface area contributed by atoms with Crippen LogP contribution >= 0.6 is 12.4 Å². The van der Waals surface area contributed by atoms with Crippen molar-refractivity contribution in [3.8, 4) is 5.75 Å².